The van der Waals surface area contributed by atoms with Gasteiger partial charge >= 0.3 is 0 Å². The molecule has 0 bridgehead atoms. The first kappa shape index (κ1) is 19.4. The van der Waals surface area contributed by atoms with Gasteiger partial charge in [0.05, 0.1) is 11.8 Å². The molecule has 0 unspecified atom stereocenters. The van der Waals surface area contributed by atoms with Crippen molar-refractivity contribution in [2.75, 3.05) is 12.4 Å². The van der Waals surface area contributed by atoms with E-state index in [0.717, 1.165) is 28.1 Å². The van der Waals surface area contributed by atoms with Crippen LogP contribution < -0.4 is 4.74 Å². The Morgan fingerprint density at radius 2 is 1.81 bits per heavy atom. The summed E-state index contributed by atoms with van der Waals surface area (Å²) < 4.78 is 7.53. The molecule has 1 atom stereocenters. The van der Waals surface area contributed by atoms with Gasteiger partial charge in [-0.25, -0.2) is 0 Å². The number of rotatable bonds is 7. The van der Waals surface area contributed by atoms with Gasteiger partial charge in [-0.3, -0.25) is 0 Å². The van der Waals surface area contributed by atoms with E-state index in [-0.39, 0.29) is 6.61 Å². The molecule has 0 saturated carbocycles. The molecule has 0 aliphatic heterocycles. The summed E-state index contributed by atoms with van der Waals surface area (Å²) in [5, 5.41) is 22.9. The summed E-state index contributed by atoms with van der Waals surface area (Å²) in [5.74, 6) is 1.28. The summed E-state index contributed by atoms with van der Waals surface area (Å²) in [6.07, 6.45) is -0.627. The number of ether oxygens (including phenoxy) is 1. The second-order valence-electron chi connectivity index (χ2n) is 6.66. The van der Waals surface area contributed by atoms with Gasteiger partial charge in [0, 0.05) is 5.75 Å². The van der Waals surface area contributed by atoms with E-state index in [0.29, 0.717) is 10.9 Å². The van der Waals surface area contributed by atoms with E-state index >= 15 is 0 Å². The van der Waals surface area contributed by atoms with E-state index in [1.165, 1.54) is 17.3 Å². The van der Waals surface area contributed by atoms with E-state index in [9.17, 15) is 5.11 Å². The Bertz CT molecular complexity index is 906. The minimum atomic E-state index is -0.627. The number of tetrazole rings is 1. The zero-order chi connectivity index (χ0) is 19.4. The molecule has 7 heteroatoms. The molecule has 2 aromatic carbocycles. The maximum absolute atomic E-state index is 10.3. The molecule has 0 radical (unpaired) electrons. The minimum absolute atomic E-state index is 0.226. The second kappa shape index (κ2) is 8.54. The Morgan fingerprint density at radius 3 is 2.52 bits per heavy atom. The Balaban J connectivity index is 1.62. The number of benzene rings is 2. The molecule has 1 heterocycles. The third-order valence-corrected chi connectivity index (χ3v) is 5.32. The van der Waals surface area contributed by atoms with Crippen LogP contribution in [-0.4, -0.2) is 43.8 Å². The van der Waals surface area contributed by atoms with Crippen LogP contribution in [0.15, 0.2) is 41.6 Å². The highest BCUT2D eigenvalue weighted by atomic mass is 32.2. The topological polar surface area (TPSA) is 73.1 Å². The highest BCUT2D eigenvalue weighted by Crippen LogP contribution is 2.24. The monoisotopic (exact) mass is 384 g/mol. The van der Waals surface area contributed by atoms with Crippen LogP contribution in [-0.2, 0) is 0 Å². The summed E-state index contributed by atoms with van der Waals surface area (Å²) in [7, 11) is 0. The molecule has 0 aliphatic rings. The van der Waals surface area contributed by atoms with Crippen LogP contribution in [0.3, 0.4) is 0 Å². The van der Waals surface area contributed by atoms with Crippen molar-refractivity contribution < 1.29 is 9.84 Å². The molecule has 3 rings (SSSR count). The number of hydrogen-bond acceptors (Lipinski definition) is 6. The Hall–Kier alpha value is -2.38. The summed E-state index contributed by atoms with van der Waals surface area (Å²) in [6.45, 7) is 8.32. The van der Waals surface area contributed by atoms with Crippen LogP contribution in [0.1, 0.15) is 22.3 Å². The molecule has 0 aliphatic carbocycles. The Morgan fingerprint density at radius 1 is 1.07 bits per heavy atom. The van der Waals surface area contributed by atoms with Gasteiger partial charge in [0.25, 0.3) is 0 Å². The predicted octanol–water partition coefficient (Wildman–Crippen LogP) is 3.43. The van der Waals surface area contributed by atoms with E-state index in [4.69, 9.17) is 4.74 Å². The third kappa shape index (κ3) is 4.67. The average Bonchev–Trinajstić information content (AvgIpc) is 3.08. The summed E-state index contributed by atoms with van der Waals surface area (Å²) >= 11 is 1.41. The molecule has 0 spiro atoms. The minimum Gasteiger partial charge on any atom is -0.490 e. The number of hydrogen-bond donors (Lipinski definition) is 1. The lowest BCUT2D eigenvalue weighted by molar-refractivity contribution is 0.125. The number of aliphatic hydroxyl groups excluding tert-OH is 1. The number of nitrogens with zero attached hydrogens (tertiary/aromatic N) is 4. The van der Waals surface area contributed by atoms with Crippen molar-refractivity contribution in [3.63, 3.8) is 0 Å². The van der Waals surface area contributed by atoms with Crippen molar-refractivity contribution in [1.29, 1.82) is 0 Å². The summed E-state index contributed by atoms with van der Waals surface area (Å²) in [6, 6.07) is 12.1. The molecule has 1 aromatic heterocycles. The van der Waals surface area contributed by atoms with Crippen LogP contribution in [0, 0.1) is 27.7 Å². The molecule has 142 valence electrons. The molecule has 27 heavy (non-hydrogen) atoms. The van der Waals surface area contributed by atoms with Gasteiger partial charge in [-0.1, -0.05) is 47.7 Å². The zero-order valence-corrected chi connectivity index (χ0v) is 16.8. The smallest absolute Gasteiger partial charge is 0.214 e. The lowest BCUT2D eigenvalue weighted by atomic mass is 10.1. The fourth-order valence-corrected chi connectivity index (χ4v) is 3.68. The molecule has 6 nitrogen and oxygen atoms in total. The lowest BCUT2D eigenvalue weighted by Gasteiger charge is -2.15. The normalized spacial score (nSPS) is 12.2. The number of aryl methyl sites for hydroxylation is 4. The van der Waals surface area contributed by atoms with Crippen LogP contribution in [0.25, 0.3) is 5.69 Å². The van der Waals surface area contributed by atoms with Crippen LogP contribution >= 0.6 is 11.8 Å². The van der Waals surface area contributed by atoms with Crippen molar-refractivity contribution in [2.24, 2.45) is 0 Å². The molecule has 3 aromatic rings. The van der Waals surface area contributed by atoms with Gasteiger partial charge in [0.1, 0.15) is 12.4 Å². The van der Waals surface area contributed by atoms with Crippen LogP contribution in [0.4, 0.5) is 0 Å². The van der Waals surface area contributed by atoms with Gasteiger partial charge in [0.15, 0.2) is 0 Å². The summed E-state index contributed by atoms with van der Waals surface area (Å²) in [5.41, 5.74) is 5.36. The van der Waals surface area contributed by atoms with Gasteiger partial charge in [0.2, 0.25) is 5.16 Å². The quantitative estimate of drug-likeness (QED) is 0.629. The van der Waals surface area contributed by atoms with Crippen molar-refractivity contribution in [3.05, 3.63) is 58.7 Å². The number of thioether (sulfide) groups is 1. The first-order chi connectivity index (χ1) is 13.0. The highest BCUT2D eigenvalue weighted by Gasteiger charge is 2.15. The van der Waals surface area contributed by atoms with E-state index < -0.39 is 6.10 Å². The van der Waals surface area contributed by atoms with Crippen molar-refractivity contribution >= 4 is 11.8 Å². The predicted molar refractivity (Wildman–Crippen MR) is 107 cm³/mol. The summed E-state index contributed by atoms with van der Waals surface area (Å²) in [4.78, 5) is 0. The third-order valence-electron chi connectivity index (χ3n) is 4.26. The molecular weight excluding hydrogens is 360 g/mol. The fraction of sp³-hybridized carbons (Fsp3) is 0.350. The lowest BCUT2D eigenvalue weighted by Crippen LogP contribution is -2.21. The Labute approximate surface area is 163 Å². The molecule has 0 saturated heterocycles. The largest absolute Gasteiger partial charge is 0.490 e. The second-order valence-corrected chi connectivity index (χ2v) is 7.65. The Kier molecular flexibility index (Phi) is 6.13. The van der Waals surface area contributed by atoms with Gasteiger partial charge in [-0.2, -0.15) is 4.68 Å². The first-order valence-electron chi connectivity index (χ1n) is 8.81. The molecule has 0 amide bonds. The first-order valence-corrected chi connectivity index (χ1v) is 9.80. The maximum Gasteiger partial charge on any atom is 0.214 e. The van der Waals surface area contributed by atoms with Crippen molar-refractivity contribution in [2.45, 2.75) is 39.0 Å². The van der Waals surface area contributed by atoms with Gasteiger partial charge in [-0.15, -0.1) is 5.10 Å². The average molecular weight is 385 g/mol. The van der Waals surface area contributed by atoms with Crippen molar-refractivity contribution in [3.8, 4) is 11.4 Å². The van der Waals surface area contributed by atoms with Gasteiger partial charge < -0.3 is 9.84 Å². The van der Waals surface area contributed by atoms with Gasteiger partial charge in [-0.05, 0) is 60.9 Å². The van der Waals surface area contributed by atoms with E-state index in [2.05, 4.69) is 28.5 Å². The van der Waals surface area contributed by atoms with Crippen LogP contribution in [0.2, 0.25) is 0 Å². The number of para-hydroxylation sites is 1. The van der Waals surface area contributed by atoms with Crippen molar-refractivity contribution in [1.82, 2.24) is 20.2 Å². The zero-order valence-electron chi connectivity index (χ0n) is 16.0. The SMILES string of the molecule is Cc1ccc(-n2nnnc2SC[C@H](O)COc2c(C)cccc2C)c(C)c1. The number of aliphatic hydroxyl groups is 1. The maximum atomic E-state index is 10.3. The molecule has 0 fully saturated rings. The van der Waals surface area contributed by atoms with E-state index in [1.807, 2.05) is 51.1 Å². The molecule has 1 N–H and O–H groups in total. The highest BCUT2D eigenvalue weighted by molar-refractivity contribution is 7.99. The van der Waals surface area contributed by atoms with Crippen LogP contribution in [0.5, 0.6) is 5.75 Å². The number of aromatic nitrogens is 4. The van der Waals surface area contributed by atoms with E-state index in [1.54, 1.807) is 4.68 Å². The fourth-order valence-electron chi connectivity index (χ4n) is 2.89. The molecular formula is C20H24N4O2S. The standard InChI is InChI=1S/C20H24N4O2S/c1-13-8-9-18(16(4)10-13)24-20(21-22-23-24)27-12-17(25)11-26-19-14(2)6-5-7-15(19)3/h5-10,17,25H,11-12H2,1-4H3/t17-/m1/s1.